The first-order valence-corrected chi connectivity index (χ1v) is 11.8. The lowest BCUT2D eigenvalue weighted by Crippen LogP contribution is -2.40. The van der Waals surface area contributed by atoms with Crippen LogP contribution in [-0.4, -0.2) is 42.7 Å². The minimum absolute atomic E-state index is 0.0292. The molecule has 0 radical (unpaired) electrons. The van der Waals surface area contributed by atoms with Crippen LogP contribution in [0.25, 0.3) is 0 Å². The Balaban J connectivity index is 1.65. The van der Waals surface area contributed by atoms with Crippen LogP contribution < -0.4 is 0 Å². The van der Waals surface area contributed by atoms with Crippen molar-refractivity contribution >= 4 is 15.8 Å². The molecule has 1 saturated carbocycles. The second-order valence-corrected chi connectivity index (χ2v) is 9.87. The molecular weight excluding hydrogens is 374 g/mol. The Morgan fingerprint density at radius 2 is 1.82 bits per heavy atom. The van der Waals surface area contributed by atoms with E-state index in [2.05, 4.69) is 4.90 Å². The third kappa shape index (κ3) is 5.25. The van der Waals surface area contributed by atoms with Crippen molar-refractivity contribution < 1.29 is 18.3 Å². The fourth-order valence-corrected chi connectivity index (χ4v) is 5.61. The maximum atomic E-state index is 12.5. The average molecular weight is 404 g/mol. The van der Waals surface area contributed by atoms with Crippen LogP contribution in [0.3, 0.4) is 0 Å². The highest BCUT2D eigenvalue weighted by atomic mass is 32.2. The number of carboxylic acids is 1. The molecule has 0 spiro atoms. The van der Waals surface area contributed by atoms with Gasteiger partial charge < -0.3 is 10.0 Å². The molecule has 0 amide bonds. The van der Waals surface area contributed by atoms with Gasteiger partial charge in [0, 0.05) is 6.54 Å². The zero-order valence-electron chi connectivity index (χ0n) is 16.2. The van der Waals surface area contributed by atoms with Gasteiger partial charge in [-0.2, -0.15) is 0 Å². The third-order valence-corrected chi connectivity index (χ3v) is 7.56. The minimum Gasteiger partial charge on any atom is -0.478 e. The monoisotopic (exact) mass is 403 g/mol. The van der Waals surface area contributed by atoms with Crippen LogP contribution in [-0.2, 0) is 14.6 Å². The molecule has 1 N–H and O–H groups in total. The number of benzene rings is 1. The molecule has 6 heteroatoms. The minimum atomic E-state index is -3.35. The van der Waals surface area contributed by atoms with E-state index in [1.165, 1.54) is 32.1 Å². The van der Waals surface area contributed by atoms with E-state index in [-0.39, 0.29) is 11.8 Å². The fraction of sp³-hybridized carbons (Fsp3) is 0.500. The number of hydrogen-bond acceptors (Lipinski definition) is 4. The van der Waals surface area contributed by atoms with Gasteiger partial charge in [0.05, 0.1) is 22.3 Å². The summed E-state index contributed by atoms with van der Waals surface area (Å²) < 4.78 is 25.1. The third-order valence-electron chi connectivity index (χ3n) is 5.75. The summed E-state index contributed by atoms with van der Waals surface area (Å²) in [6, 6.07) is 8.18. The molecular formula is C22H29NO4S. The Morgan fingerprint density at radius 3 is 2.50 bits per heavy atom. The number of nitrogens with zero attached hydrogens (tertiary/aromatic N) is 1. The standard InChI is InChI=1S/C22H29NO4S/c24-22(25)20-13-7-15-23(17-18-9-3-1-4-10-18)21(20)14-8-16-28(26,27)19-11-5-2-6-12-19/h2,5-7,11-13,15,18,21H,1,3-4,8-10,14,16-17H2,(H,24,25). The lowest BCUT2D eigenvalue weighted by atomic mass is 9.87. The topological polar surface area (TPSA) is 74.7 Å². The van der Waals surface area contributed by atoms with Gasteiger partial charge in [-0.1, -0.05) is 37.5 Å². The van der Waals surface area contributed by atoms with Crippen LogP contribution in [0.1, 0.15) is 44.9 Å². The first-order chi connectivity index (χ1) is 13.5. The van der Waals surface area contributed by atoms with Gasteiger partial charge in [-0.25, -0.2) is 13.2 Å². The van der Waals surface area contributed by atoms with Crippen LogP contribution in [0.15, 0.2) is 59.2 Å². The van der Waals surface area contributed by atoms with Crippen molar-refractivity contribution in [3.63, 3.8) is 0 Å². The van der Waals surface area contributed by atoms with E-state index in [0.717, 1.165) is 6.54 Å². The van der Waals surface area contributed by atoms with Crippen molar-refractivity contribution in [1.29, 1.82) is 0 Å². The highest BCUT2D eigenvalue weighted by Gasteiger charge is 2.29. The molecule has 28 heavy (non-hydrogen) atoms. The normalized spacial score (nSPS) is 20.8. The van der Waals surface area contributed by atoms with Crippen molar-refractivity contribution in [2.75, 3.05) is 12.3 Å². The predicted octanol–water partition coefficient (Wildman–Crippen LogP) is 4.03. The largest absolute Gasteiger partial charge is 0.478 e. The first-order valence-electron chi connectivity index (χ1n) is 10.1. The summed E-state index contributed by atoms with van der Waals surface area (Å²) in [7, 11) is -3.35. The molecule has 1 unspecified atom stereocenters. The van der Waals surface area contributed by atoms with Crippen LogP contribution in [0.2, 0.25) is 0 Å². The Kier molecular flexibility index (Phi) is 6.94. The average Bonchev–Trinajstić information content (AvgIpc) is 2.70. The van der Waals surface area contributed by atoms with Crippen molar-refractivity contribution in [2.24, 2.45) is 5.92 Å². The molecule has 1 heterocycles. The molecule has 0 aromatic heterocycles. The summed E-state index contributed by atoms with van der Waals surface area (Å²) in [6.07, 6.45) is 12.5. The highest BCUT2D eigenvalue weighted by Crippen LogP contribution is 2.29. The SMILES string of the molecule is O=C(O)C1=CC=CN(CC2CCCCC2)C1CCCS(=O)(=O)c1ccccc1. The quantitative estimate of drug-likeness (QED) is 0.709. The van der Waals surface area contributed by atoms with E-state index in [4.69, 9.17) is 0 Å². The van der Waals surface area contributed by atoms with Gasteiger partial charge in [-0.3, -0.25) is 0 Å². The fourth-order valence-electron chi connectivity index (χ4n) is 4.25. The molecule has 152 valence electrons. The molecule has 1 aromatic carbocycles. The first kappa shape index (κ1) is 20.6. The molecule has 0 bridgehead atoms. The predicted molar refractivity (Wildman–Crippen MR) is 110 cm³/mol. The van der Waals surface area contributed by atoms with Gasteiger partial charge in [0.1, 0.15) is 0 Å². The summed E-state index contributed by atoms with van der Waals surface area (Å²) in [5, 5.41) is 9.62. The zero-order valence-corrected chi connectivity index (χ0v) is 17.0. The number of carbonyl (C=O) groups is 1. The smallest absolute Gasteiger partial charge is 0.333 e. The van der Waals surface area contributed by atoms with Gasteiger partial charge in [0.2, 0.25) is 0 Å². The van der Waals surface area contributed by atoms with Gasteiger partial charge in [-0.05, 0) is 62.1 Å². The molecule has 1 atom stereocenters. The maximum absolute atomic E-state index is 12.5. The molecule has 1 aliphatic heterocycles. The van der Waals surface area contributed by atoms with E-state index in [9.17, 15) is 18.3 Å². The Hall–Kier alpha value is -2.08. The zero-order chi connectivity index (χ0) is 20.0. The molecule has 1 aromatic rings. The number of hydrogen-bond donors (Lipinski definition) is 1. The number of rotatable bonds is 8. The lowest BCUT2D eigenvalue weighted by molar-refractivity contribution is -0.133. The highest BCUT2D eigenvalue weighted by molar-refractivity contribution is 7.91. The second-order valence-electron chi connectivity index (χ2n) is 7.76. The van der Waals surface area contributed by atoms with Gasteiger partial charge >= 0.3 is 5.97 Å². The number of aliphatic carboxylic acids is 1. The number of allylic oxidation sites excluding steroid dienone is 2. The molecule has 2 aliphatic rings. The molecule has 5 nitrogen and oxygen atoms in total. The van der Waals surface area contributed by atoms with E-state index >= 15 is 0 Å². The summed E-state index contributed by atoms with van der Waals surface area (Å²) in [5.74, 6) is -0.308. The van der Waals surface area contributed by atoms with Gasteiger partial charge in [0.15, 0.2) is 9.84 Å². The Labute approximate surface area is 167 Å². The number of sulfone groups is 1. The van der Waals surface area contributed by atoms with E-state index in [1.54, 1.807) is 42.5 Å². The van der Waals surface area contributed by atoms with E-state index < -0.39 is 15.8 Å². The summed E-state index contributed by atoms with van der Waals surface area (Å²) >= 11 is 0. The van der Waals surface area contributed by atoms with Crippen molar-refractivity contribution in [2.45, 2.75) is 55.9 Å². The Morgan fingerprint density at radius 1 is 1.11 bits per heavy atom. The van der Waals surface area contributed by atoms with Crippen LogP contribution in [0, 0.1) is 5.92 Å². The van der Waals surface area contributed by atoms with Gasteiger partial charge in [0.25, 0.3) is 0 Å². The summed E-state index contributed by atoms with van der Waals surface area (Å²) in [4.78, 5) is 14.2. The maximum Gasteiger partial charge on any atom is 0.333 e. The molecule has 3 rings (SSSR count). The second kappa shape index (κ2) is 9.41. The molecule has 1 aliphatic carbocycles. The Bertz CT molecular complexity index is 823. The number of carboxylic acid groups (broad SMARTS) is 1. The van der Waals surface area contributed by atoms with Crippen LogP contribution >= 0.6 is 0 Å². The van der Waals surface area contributed by atoms with E-state index in [0.29, 0.717) is 29.2 Å². The van der Waals surface area contributed by atoms with Crippen molar-refractivity contribution in [3.05, 3.63) is 54.3 Å². The van der Waals surface area contributed by atoms with E-state index in [1.807, 2.05) is 6.20 Å². The summed E-state index contributed by atoms with van der Waals surface area (Å²) in [5.41, 5.74) is 0.357. The van der Waals surface area contributed by atoms with Crippen molar-refractivity contribution in [1.82, 2.24) is 4.90 Å². The van der Waals surface area contributed by atoms with Crippen LogP contribution in [0.4, 0.5) is 0 Å². The molecule has 1 fully saturated rings. The summed E-state index contributed by atoms with van der Waals surface area (Å²) in [6.45, 7) is 0.844. The lowest BCUT2D eigenvalue weighted by Gasteiger charge is -2.37. The molecule has 0 saturated heterocycles. The van der Waals surface area contributed by atoms with Gasteiger partial charge in [-0.15, -0.1) is 0 Å². The van der Waals surface area contributed by atoms with Crippen LogP contribution in [0.5, 0.6) is 0 Å². The van der Waals surface area contributed by atoms with Crippen molar-refractivity contribution in [3.8, 4) is 0 Å².